The van der Waals surface area contributed by atoms with E-state index in [0.29, 0.717) is 39.1 Å². The van der Waals surface area contributed by atoms with Gasteiger partial charge in [-0.05, 0) is 61.5 Å². The second-order valence-corrected chi connectivity index (χ2v) is 7.39. The highest BCUT2D eigenvalue weighted by molar-refractivity contribution is 6.34. The first-order chi connectivity index (χ1) is 14.3. The van der Waals surface area contributed by atoms with Gasteiger partial charge < -0.3 is 9.52 Å². The highest BCUT2D eigenvalue weighted by atomic mass is 35.5. The maximum Gasteiger partial charge on any atom is 0.337 e. The molecule has 0 saturated heterocycles. The molecule has 150 valence electrons. The number of aromatic carboxylic acids is 1. The van der Waals surface area contributed by atoms with Gasteiger partial charge >= 0.3 is 5.97 Å². The van der Waals surface area contributed by atoms with Crippen molar-refractivity contribution >= 4 is 52.6 Å². The van der Waals surface area contributed by atoms with Gasteiger partial charge in [0, 0.05) is 10.6 Å². The van der Waals surface area contributed by atoms with E-state index in [1.54, 1.807) is 55.5 Å². The van der Waals surface area contributed by atoms with E-state index in [9.17, 15) is 14.7 Å². The first-order valence-electron chi connectivity index (χ1n) is 8.84. The van der Waals surface area contributed by atoms with Crippen molar-refractivity contribution in [3.05, 3.63) is 81.5 Å². The van der Waals surface area contributed by atoms with E-state index in [-0.39, 0.29) is 16.5 Å². The van der Waals surface area contributed by atoms with Gasteiger partial charge in [-0.1, -0.05) is 29.3 Å². The number of carboxylic acids is 1. The van der Waals surface area contributed by atoms with Gasteiger partial charge in [0.15, 0.2) is 0 Å². The summed E-state index contributed by atoms with van der Waals surface area (Å²) in [5.74, 6) is -0.539. The molecule has 3 aromatic rings. The Hall–Kier alpha value is -3.35. The molecular weight excluding hydrogens is 427 g/mol. The molecule has 1 aliphatic heterocycles. The first-order valence-corrected chi connectivity index (χ1v) is 9.59. The molecule has 1 aliphatic rings. The summed E-state index contributed by atoms with van der Waals surface area (Å²) in [6.45, 7) is 1.73. The molecule has 0 atom stereocenters. The van der Waals surface area contributed by atoms with E-state index in [1.165, 1.54) is 17.1 Å². The van der Waals surface area contributed by atoms with Crippen molar-refractivity contribution < 1.29 is 19.1 Å². The molecule has 0 fully saturated rings. The lowest BCUT2D eigenvalue weighted by Gasteiger charge is -2.11. The fourth-order valence-corrected chi connectivity index (χ4v) is 3.42. The summed E-state index contributed by atoms with van der Waals surface area (Å²) >= 11 is 11.9. The number of anilines is 1. The highest BCUT2D eigenvalue weighted by Crippen LogP contribution is 2.30. The van der Waals surface area contributed by atoms with Gasteiger partial charge in [0.25, 0.3) is 5.91 Å². The number of carbonyl (C=O) groups is 2. The topological polar surface area (TPSA) is 83.1 Å². The maximum absolute atomic E-state index is 12.8. The molecule has 2 heterocycles. The molecule has 2 aromatic carbocycles. The summed E-state index contributed by atoms with van der Waals surface area (Å²) in [6.07, 6.45) is 1.60. The summed E-state index contributed by atoms with van der Waals surface area (Å²) in [4.78, 5) is 24.1. The zero-order chi connectivity index (χ0) is 21.4. The minimum Gasteiger partial charge on any atom is -0.478 e. The van der Waals surface area contributed by atoms with Crippen LogP contribution in [-0.2, 0) is 4.79 Å². The van der Waals surface area contributed by atoms with Crippen LogP contribution in [0.2, 0.25) is 10.0 Å². The van der Waals surface area contributed by atoms with Crippen LogP contribution in [0.15, 0.2) is 69.7 Å². The summed E-state index contributed by atoms with van der Waals surface area (Å²) in [7, 11) is 0. The van der Waals surface area contributed by atoms with Crippen LogP contribution in [0, 0.1) is 0 Å². The minimum atomic E-state index is -1.12. The Bertz CT molecular complexity index is 1240. The Morgan fingerprint density at radius 1 is 1.13 bits per heavy atom. The number of amides is 1. The van der Waals surface area contributed by atoms with E-state index in [4.69, 9.17) is 27.6 Å². The predicted octanol–water partition coefficient (Wildman–Crippen LogP) is 5.76. The number of rotatable bonds is 4. The van der Waals surface area contributed by atoms with Gasteiger partial charge in [0.05, 0.1) is 27.6 Å². The van der Waals surface area contributed by atoms with Crippen molar-refractivity contribution in [1.29, 1.82) is 0 Å². The minimum absolute atomic E-state index is 0.0171. The quantitative estimate of drug-likeness (QED) is 0.522. The molecule has 0 unspecified atom stereocenters. The third-order valence-electron chi connectivity index (χ3n) is 4.51. The number of furan rings is 1. The molecule has 1 amide bonds. The molecule has 0 aliphatic carbocycles. The van der Waals surface area contributed by atoms with E-state index < -0.39 is 5.97 Å². The van der Waals surface area contributed by atoms with E-state index >= 15 is 0 Å². The molecule has 30 heavy (non-hydrogen) atoms. The summed E-state index contributed by atoms with van der Waals surface area (Å²) in [6, 6.07) is 14.9. The van der Waals surface area contributed by atoms with Crippen LogP contribution in [-0.4, -0.2) is 22.7 Å². The smallest absolute Gasteiger partial charge is 0.337 e. The van der Waals surface area contributed by atoms with Crippen molar-refractivity contribution in [2.45, 2.75) is 6.92 Å². The Kier molecular flexibility index (Phi) is 5.20. The van der Waals surface area contributed by atoms with Crippen LogP contribution >= 0.6 is 23.2 Å². The third kappa shape index (κ3) is 3.75. The first kappa shape index (κ1) is 19.9. The van der Waals surface area contributed by atoms with E-state index in [1.807, 2.05) is 0 Å². The van der Waals surface area contributed by atoms with Crippen LogP contribution in [0.3, 0.4) is 0 Å². The third-order valence-corrected chi connectivity index (χ3v) is 5.07. The second-order valence-electron chi connectivity index (χ2n) is 6.54. The fraction of sp³-hybridized carbons (Fsp3) is 0.0455. The number of carboxylic acid groups (broad SMARTS) is 1. The number of halogens is 2. The number of benzene rings is 2. The molecule has 0 spiro atoms. The number of hydrogen-bond acceptors (Lipinski definition) is 4. The van der Waals surface area contributed by atoms with Crippen LogP contribution < -0.4 is 5.01 Å². The molecular formula is C22H14Cl2N2O4. The number of hydrazone groups is 1. The molecule has 0 bridgehead atoms. The Balaban J connectivity index is 1.63. The predicted molar refractivity (Wildman–Crippen MR) is 116 cm³/mol. The Morgan fingerprint density at radius 3 is 2.67 bits per heavy atom. The van der Waals surface area contributed by atoms with Crippen LogP contribution in [0.4, 0.5) is 5.69 Å². The van der Waals surface area contributed by atoms with Crippen LogP contribution in [0.1, 0.15) is 23.0 Å². The van der Waals surface area contributed by atoms with Crippen molar-refractivity contribution in [2.24, 2.45) is 5.10 Å². The molecule has 4 rings (SSSR count). The van der Waals surface area contributed by atoms with Crippen molar-refractivity contribution in [2.75, 3.05) is 5.01 Å². The normalized spacial score (nSPS) is 15.0. The molecule has 8 heteroatoms. The Morgan fingerprint density at radius 2 is 1.93 bits per heavy atom. The van der Waals surface area contributed by atoms with Crippen molar-refractivity contribution in [3.63, 3.8) is 0 Å². The van der Waals surface area contributed by atoms with Crippen molar-refractivity contribution in [3.8, 4) is 11.3 Å². The largest absolute Gasteiger partial charge is 0.478 e. The average molecular weight is 441 g/mol. The number of nitrogens with zero attached hydrogens (tertiary/aromatic N) is 2. The monoisotopic (exact) mass is 440 g/mol. The van der Waals surface area contributed by atoms with Crippen molar-refractivity contribution in [1.82, 2.24) is 0 Å². The molecule has 1 N–H and O–H groups in total. The van der Waals surface area contributed by atoms with Crippen LogP contribution in [0.25, 0.3) is 17.4 Å². The van der Waals surface area contributed by atoms with Crippen LogP contribution in [0.5, 0.6) is 0 Å². The van der Waals surface area contributed by atoms with Gasteiger partial charge in [-0.25, -0.2) is 4.79 Å². The SMILES string of the molecule is CC1=NN(c2cccc(Cl)c2)C(=O)/C1=C/c1ccc(-c2ccc(Cl)c(C(=O)O)c2)o1. The lowest BCUT2D eigenvalue weighted by Crippen LogP contribution is -2.21. The molecule has 1 aromatic heterocycles. The van der Waals surface area contributed by atoms with E-state index in [2.05, 4.69) is 5.10 Å². The van der Waals surface area contributed by atoms with Gasteiger partial charge in [0.1, 0.15) is 11.5 Å². The summed E-state index contributed by atoms with van der Waals surface area (Å²) < 4.78 is 5.80. The summed E-state index contributed by atoms with van der Waals surface area (Å²) in [5, 5.41) is 15.5. The maximum atomic E-state index is 12.8. The lowest BCUT2D eigenvalue weighted by molar-refractivity contribution is -0.114. The number of hydrogen-bond donors (Lipinski definition) is 1. The van der Waals surface area contributed by atoms with Gasteiger partial charge in [-0.3, -0.25) is 4.79 Å². The molecule has 0 saturated carbocycles. The standard InChI is InChI=1S/C22H14Cl2N2O4/c1-12-17(21(27)26(25-12)15-4-2-3-14(23)10-15)11-16-6-8-20(30-16)13-5-7-19(24)18(9-13)22(28)29/h2-11H,1H3,(H,28,29)/b17-11+. The fourth-order valence-electron chi connectivity index (χ4n) is 3.04. The highest BCUT2D eigenvalue weighted by Gasteiger charge is 2.29. The lowest BCUT2D eigenvalue weighted by atomic mass is 10.1. The number of carbonyl (C=O) groups excluding carboxylic acids is 1. The second kappa shape index (κ2) is 7.82. The molecule has 0 radical (unpaired) electrons. The van der Waals surface area contributed by atoms with E-state index in [0.717, 1.165) is 0 Å². The van der Waals surface area contributed by atoms with Gasteiger partial charge in [-0.2, -0.15) is 10.1 Å². The zero-order valence-electron chi connectivity index (χ0n) is 15.6. The Labute approximate surface area is 181 Å². The summed E-state index contributed by atoms with van der Waals surface area (Å²) in [5.41, 5.74) is 2.04. The average Bonchev–Trinajstić information content (AvgIpc) is 3.28. The van der Waals surface area contributed by atoms with Gasteiger partial charge in [-0.15, -0.1) is 0 Å². The van der Waals surface area contributed by atoms with Gasteiger partial charge in [0.2, 0.25) is 0 Å². The zero-order valence-corrected chi connectivity index (χ0v) is 17.1. The molecule has 6 nitrogen and oxygen atoms in total.